The topological polar surface area (TPSA) is 145 Å². The monoisotopic (exact) mass is 469 g/mol. The summed E-state index contributed by atoms with van der Waals surface area (Å²) in [5, 5.41) is 0. The van der Waals surface area contributed by atoms with Crippen molar-refractivity contribution in [1.82, 2.24) is 0 Å². The van der Waals surface area contributed by atoms with Gasteiger partial charge in [-0.25, -0.2) is 8.42 Å². The molecule has 11 heteroatoms. The van der Waals surface area contributed by atoms with Crippen molar-refractivity contribution in [2.45, 2.75) is 62.9 Å². The average Bonchev–Trinajstić information content (AvgIpc) is 3.29. The molecule has 32 heavy (non-hydrogen) atoms. The molecule has 4 saturated carbocycles. The first kappa shape index (κ1) is 20.9. The Bertz CT molecular complexity index is 938. The molecule has 0 aromatic heterocycles. The van der Waals surface area contributed by atoms with Crippen molar-refractivity contribution >= 4 is 28.0 Å². The predicted octanol–water partition coefficient (Wildman–Crippen LogP) is 0.142. The molecule has 3 aliphatic heterocycles. The minimum Gasteiger partial charge on any atom is -0.748 e. The Hall–Kier alpha value is -1.72. The first-order chi connectivity index (χ1) is 15.1. The number of ether oxygens (including phenoxy) is 4. The number of carbonyl (C=O) groups excluding carboxylic acids is 3. The highest BCUT2D eigenvalue weighted by molar-refractivity contribution is 7.85. The number of hydrogen-bond acceptors (Lipinski definition) is 10. The molecule has 7 fully saturated rings. The van der Waals surface area contributed by atoms with Gasteiger partial charge in [-0.3, -0.25) is 14.4 Å². The summed E-state index contributed by atoms with van der Waals surface area (Å²) in [5.41, 5.74) is -0.503. The van der Waals surface area contributed by atoms with Gasteiger partial charge < -0.3 is 23.5 Å². The van der Waals surface area contributed by atoms with Crippen LogP contribution in [0, 0.1) is 35.0 Å². The van der Waals surface area contributed by atoms with Crippen molar-refractivity contribution in [3.05, 3.63) is 0 Å². The van der Waals surface area contributed by atoms with Crippen LogP contribution in [0.1, 0.15) is 38.5 Å². The zero-order chi connectivity index (χ0) is 22.4. The van der Waals surface area contributed by atoms with E-state index in [0.717, 1.165) is 19.3 Å². The van der Waals surface area contributed by atoms with Crippen molar-refractivity contribution < 1.29 is 46.3 Å². The van der Waals surface area contributed by atoms with E-state index in [4.69, 9.17) is 18.9 Å². The first-order valence-electron chi connectivity index (χ1n) is 11.3. The largest absolute Gasteiger partial charge is 0.748 e. The molecule has 0 aromatic carbocycles. The van der Waals surface area contributed by atoms with Gasteiger partial charge in [0, 0.05) is 0 Å². The lowest BCUT2D eigenvalue weighted by atomic mass is 9.49. The second-order valence-electron chi connectivity index (χ2n) is 10.5. The zero-order valence-corrected chi connectivity index (χ0v) is 18.2. The number of fused-ring (bicyclic) bond motifs is 1. The van der Waals surface area contributed by atoms with E-state index in [0.29, 0.717) is 17.8 Å². The summed E-state index contributed by atoms with van der Waals surface area (Å²) in [6, 6.07) is 0. The van der Waals surface area contributed by atoms with Crippen LogP contribution >= 0.6 is 0 Å². The van der Waals surface area contributed by atoms with Crippen LogP contribution in [0.2, 0.25) is 0 Å². The minimum absolute atomic E-state index is 0.290. The van der Waals surface area contributed by atoms with Crippen molar-refractivity contribution in [2.24, 2.45) is 35.0 Å². The van der Waals surface area contributed by atoms with Crippen molar-refractivity contribution in [2.75, 3.05) is 12.4 Å². The molecule has 3 heterocycles. The second kappa shape index (κ2) is 6.89. The fraction of sp³-hybridized carbons (Fsp3) is 0.857. The van der Waals surface area contributed by atoms with Crippen LogP contribution in [0.4, 0.5) is 0 Å². The second-order valence-corrected chi connectivity index (χ2v) is 12.0. The highest BCUT2D eigenvalue weighted by atomic mass is 32.2. The molecule has 4 aliphatic carbocycles. The van der Waals surface area contributed by atoms with Gasteiger partial charge in [0.2, 0.25) is 0 Å². The molecule has 10 nitrogen and oxygen atoms in total. The molecule has 7 rings (SSSR count). The number of hydrogen-bond donors (Lipinski definition) is 0. The Labute approximate surface area is 185 Å². The van der Waals surface area contributed by atoms with E-state index in [2.05, 4.69) is 0 Å². The third kappa shape index (κ3) is 3.11. The lowest BCUT2D eigenvalue weighted by Crippen LogP contribution is -2.54. The maximum atomic E-state index is 13.4. The van der Waals surface area contributed by atoms with Crippen LogP contribution in [0.5, 0.6) is 0 Å². The van der Waals surface area contributed by atoms with Crippen LogP contribution in [0.15, 0.2) is 0 Å². The van der Waals surface area contributed by atoms with Crippen LogP contribution in [-0.2, 0) is 43.4 Å². The van der Waals surface area contributed by atoms with Gasteiger partial charge in [-0.15, -0.1) is 0 Å². The summed E-state index contributed by atoms with van der Waals surface area (Å²) in [7, 11) is -4.54. The third-order valence-electron chi connectivity index (χ3n) is 8.47. The molecule has 6 unspecified atom stereocenters. The molecule has 0 N–H and O–H groups in total. The quantitative estimate of drug-likeness (QED) is 0.299. The summed E-state index contributed by atoms with van der Waals surface area (Å²) >= 11 is 0. The first-order valence-corrected chi connectivity index (χ1v) is 12.9. The van der Waals surface area contributed by atoms with Crippen molar-refractivity contribution in [3.63, 3.8) is 0 Å². The maximum Gasteiger partial charge on any atom is 0.313 e. The van der Waals surface area contributed by atoms with Gasteiger partial charge in [-0.1, -0.05) is 0 Å². The fourth-order valence-corrected chi connectivity index (χ4v) is 7.98. The van der Waals surface area contributed by atoms with Gasteiger partial charge in [0.25, 0.3) is 0 Å². The molecule has 176 valence electrons. The molecule has 0 aromatic rings. The lowest BCUT2D eigenvalue weighted by Gasteiger charge is -2.55. The van der Waals surface area contributed by atoms with Crippen molar-refractivity contribution in [3.8, 4) is 0 Å². The molecule has 6 atom stereocenters. The molecule has 0 radical (unpaired) electrons. The highest BCUT2D eigenvalue weighted by Gasteiger charge is 2.72. The van der Waals surface area contributed by atoms with Crippen molar-refractivity contribution in [1.29, 1.82) is 0 Å². The van der Waals surface area contributed by atoms with Gasteiger partial charge in [0.05, 0.1) is 21.3 Å². The molecule has 0 spiro atoms. The zero-order valence-electron chi connectivity index (χ0n) is 17.3. The smallest absolute Gasteiger partial charge is 0.313 e. The van der Waals surface area contributed by atoms with Gasteiger partial charge >= 0.3 is 17.9 Å². The highest BCUT2D eigenvalue weighted by Crippen LogP contribution is 2.61. The fourth-order valence-electron chi connectivity index (χ4n) is 7.69. The summed E-state index contributed by atoms with van der Waals surface area (Å²) in [6.07, 6.45) is 2.75. The Morgan fingerprint density at radius 3 is 2.25 bits per heavy atom. The molecule has 6 bridgehead atoms. The summed E-state index contributed by atoms with van der Waals surface area (Å²) in [4.78, 5) is 38.5. The summed E-state index contributed by atoms with van der Waals surface area (Å²) in [6.45, 7) is -0.610. The number of rotatable bonds is 6. The van der Waals surface area contributed by atoms with E-state index < -0.39 is 76.1 Å². The summed E-state index contributed by atoms with van der Waals surface area (Å²) in [5.74, 6) is -2.89. The number of carbonyl (C=O) groups is 3. The van der Waals surface area contributed by atoms with Gasteiger partial charge in [0.1, 0.15) is 30.7 Å². The summed E-state index contributed by atoms with van der Waals surface area (Å²) < 4.78 is 54.5. The Morgan fingerprint density at radius 1 is 1.03 bits per heavy atom. The Balaban J connectivity index is 1.19. The molecule has 0 amide bonds. The normalized spacial score (nSPS) is 47.5. The Kier molecular flexibility index (Phi) is 4.49. The Morgan fingerprint density at radius 2 is 1.66 bits per heavy atom. The SMILES string of the molecule is O=C1OC2C(OC(=O)C34CC5CC(CC(C5)C3)C4)C3OC2C1C3C(=O)OCCS(=O)(=O)[O-]. The van der Waals surface area contributed by atoms with Gasteiger partial charge in [-0.05, 0) is 56.3 Å². The van der Waals surface area contributed by atoms with E-state index in [9.17, 15) is 27.4 Å². The standard InChI is InChI=1S/C21H26O10S/c22-18(28-1-2-32(25,26)27)12-13-15-16(30-19(13)23)17(14(12)29-15)31-20(24)21-6-9-3-10(7-21)5-11(4-9)8-21/h9-17H,1-8H2,(H,25,26,27)/p-1. The molecule has 7 aliphatic rings. The minimum atomic E-state index is -4.54. The van der Waals surface area contributed by atoms with E-state index in [-0.39, 0.29) is 5.97 Å². The van der Waals surface area contributed by atoms with Crippen LogP contribution < -0.4 is 0 Å². The average molecular weight is 469 g/mol. The third-order valence-corrected chi connectivity index (χ3v) is 9.14. The lowest BCUT2D eigenvalue weighted by molar-refractivity contribution is -0.186. The maximum absolute atomic E-state index is 13.4. The van der Waals surface area contributed by atoms with Crippen LogP contribution in [-0.4, -0.2) is 67.7 Å². The van der Waals surface area contributed by atoms with E-state index >= 15 is 0 Å². The van der Waals surface area contributed by atoms with E-state index in [1.165, 1.54) is 19.3 Å². The van der Waals surface area contributed by atoms with Crippen LogP contribution in [0.3, 0.4) is 0 Å². The molecule has 3 saturated heterocycles. The van der Waals surface area contributed by atoms with Gasteiger partial charge in [-0.2, -0.15) is 0 Å². The predicted molar refractivity (Wildman–Crippen MR) is 102 cm³/mol. The van der Waals surface area contributed by atoms with E-state index in [1.807, 2.05) is 0 Å². The number of esters is 3. The van der Waals surface area contributed by atoms with Crippen LogP contribution in [0.25, 0.3) is 0 Å². The molecular formula is C21H25O10S-. The van der Waals surface area contributed by atoms with E-state index in [1.54, 1.807) is 0 Å². The van der Waals surface area contributed by atoms with Gasteiger partial charge in [0.15, 0.2) is 12.2 Å². The molecular weight excluding hydrogens is 444 g/mol.